The van der Waals surface area contributed by atoms with Crippen LogP contribution in [0.5, 0.6) is 0 Å². The molecule has 0 saturated heterocycles. The van der Waals surface area contributed by atoms with Crippen molar-refractivity contribution in [3.8, 4) is 0 Å². The summed E-state index contributed by atoms with van der Waals surface area (Å²) >= 11 is 0. The third kappa shape index (κ3) is 3.91. The Morgan fingerprint density at radius 1 is 1.09 bits per heavy atom. The normalized spacial score (nSPS) is 10.1. The predicted octanol–water partition coefficient (Wildman–Crippen LogP) is 2.71. The van der Waals surface area contributed by atoms with Crippen LogP contribution in [0.4, 0.5) is 10.1 Å². The van der Waals surface area contributed by atoms with Crippen LogP contribution in [0.3, 0.4) is 0 Å². The number of benzene rings is 2. The van der Waals surface area contributed by atoms with Gasteiger partial charge in [-0.05, 0) is 29.8 Å². The minimum Gasteiger partial charge on any atom is -0.345 e. The van der Waals surface area contributed by atoms with Crippen LogP contribution in [-0.4, -0.2) is 30.8 Å². The largest absolute Gasteiger partial charge is 0.345 e. The fourth-order valence-electron chi connectivity index (χ4n) is 2.05. The lowest BCUT2D eigenvalue weighted by Gasteiger charge is -2.14. The van der Waals surface area contributed by atoms with Crippen molar-refractivity contribution < 1.29 is 14.0 Å². The van der Waals surface area contributed by atoms with Gasteiger partial charge >= 0.3 is 0 Å². The van der Waals surface area contributed by atoms with Gasteiger partial charge in [0.1, 0.15) is 5.82 Å². The molecule has 5 heteroatoms. The molecule has 22 heavy (non-hydrogen) atoms. The zero-order valence-corrected chi connectivity index (χ0v) is 12.5. The Hall–Kier alpha value is -2.69. The molecule has 2 rings (SSSR count). The van der Waals surface area contributed by atoms with Gasteiger partial charge in [0.15, 0.2) is 0 Å². The maximum Gasteiger partial charge on any atom is 0.255 e. The van der Waals surface area contributed by atoms with Crippen LogP contribution in [-0.2, 0) is 11.2 Å². The van der Waals surface area contributed by atoms with Crippen LogP contribution in [0.2, 0.25) is 0 Å². The third-order valence-electron chi connectivity index (χ3n) is 3.09. The van der Waals surface area contributed by atoms with E-state index >= 15 is 0 Å². The van der Waals surface area contributed by atoms with Gasteiger partial charge in [-0.2, -0.15) is 0 Å². The Bertz CT molecular complexity index is 699. The topological polar surface area (TPSA) is 49.4 Å². The summed E-state index contributed by atoms with van der Waals surface area (Å²) in [6.45, 7) is 0. The Morgan fingerprint density at radius 3 is 2.50 bits per heavy atom. The van der Waals surface area contributed by atoms with Gasteiger partial charge in [0.05, 0.1) is 17.7 Å². The van der Waals surface area contributed by atoms with Gasteiger partial charge < -0.3 is 10.2 Å². The molecule has 0 fully saturated rings. The van der Waals surface area contributed by atoms with Crippen LogP contribution < -0.4 is 5.32 Å². The number of amides is 2. The molecule has 0 heterocycles. The van der Waals surface area contributed by atoms with Crippen LogP contribution in [0, 0.1) is 5.82 Å². The molecule has 2 aromatic rings. The fraction of sp³-hybridized carbons (Fsp3) is 0.176. The molecule has 0 unspecified atom stereocenters. The monoisotopic (exact) mass is 300 g/mol. The zero-order valence-electron chi connectivity index (χ0n) is 12.5. The number of rotatable bonds is 4. The highest BCUT2D eigenvalue weighted by molar-refractivity contribution is 6.03. The van der Waals surface area contributed by atoms with E-state index in [2.05, 4.69) is 5.32 Å². The summed E-state index contributed by atoms with van der Waals surface area (Å²) in [5.41, 5.74) is 1.44. The number of hydrogen-bond donors (Lipinski definition) is 1. The van der Waals surface area contributed by atoms with Gasteiger partial charge in [-0.1, -0.05) is 24.3 Å². The second kappa shape index (κ2) is 6.85. The average molecular weight is 300 g/mol. The summed E-state index contributed by atoms with van der Waals surface area (Å²) in [7, 11) is 3.29. The molecule has 1 N–H and O–H groups in total. The van der Waals surface area contributed by atoms with Gasteiger partial charge in [-0.25, -0.2) is 4.39 Å². The van der Waals surface area contributed by atoms with E-state index in [1.165, 1.54) is 17.0 Å². The predicted molar refractivity (Wildman–Crippen MR) is 83.2 cm³/mol. The van der Waals surface area contributed by atoms with E-state index in [1.807, 2.05) is 0 Å². The van der Waals surface area contributed by atoms with Crippen molar-refractivity contribution in [2.75, 3.05) is 19.4 Å². The van der Waals surface area contributed by atoms with Crippen LogP contribution in [0.15, 0.2) is 48.5 Å². The summed E-state index contributed by atoms with van der Waals surface area (Å²) in [6, 6.07) is 12.7. The van der Waals surface area contributed by atoms with Crippen molar-refractivity contribution in [3.63, 3.8) is 0 Å². The van der Waals surface area contributed by atoms with Gasteiger partial charge in [0.2, 0.25) is 5.91 Å². The summed E-state index contributed by atoms with van der Waals surface area (Å²) < 4.78 is 13.1. The third-order valence-corrected chi connectivity index (χ3v) is 3.09. The van der Waals surface area contributed by atoms with Gasteiger partial charge in [-0.15, -0.1) is 0 Å². The molecule has 0 aliphatic rings. The maximum atomic E-state index is 13.1. The lowest BCUT2D eigenvalue weighted by molar-refractivity contribution is -0.115. The molecule has 0 bridgehead atoms. The SMILES string of the molecule is CN(C)C(=O)c1ccccc1NC(=O)Cc1cccc(F)c1. The van der Waals surface area contributed by atoms with Crippen LogP contribution in [0.1, 0.15) is 15.9 Å². The number of carbonyl (C=O) groups is 2. The highest BCUT2D eigenvalue weighted by Crippen LogP contribution is 2.17. The Balaban J connectivity index is 2.14. The van der Waals surface area contributed by atoms with Gasteiger partial charge in [0.25, 0.3) is 5.91 Å². The highest BCUT2D eigenvalue weighted by atomic mass is 19.1. The van der Waals surface area contributed by atoms with E-state index < -0.39 is 0 Å². The van der Waals surface area contributed by atoms with Gasteiger partial charge in [0, 0.05) is 14.1 Å². The number of halogens is 1. The molecule has 2 aromatic carbocycles. The summed E-state index contributed by atoms with van der Waals surface area (Å²) in [5, 5.41) is 2.71. The van der Waals surface area contributed by atoms with E-state index in [-0.39, 0.29) is 24.1 Å². The lowest BCUT2D eigenvalue weighted by Crippen LogP contribution is -2.24. The first kappa shape index (κ1) is 15.7. The van der Waals surface area contributed by atoms with Crippen LogP contribution in [0.25, 0.3) is 0 Å². The molecule has 0 spiro atoms. The average Bonchev–Trinajstić information content (AvgIpc) is 2.47. The van der Waals surface area contributed by atoms with Crippen molar-refractivity contribution in [1.82, 2.24) is 4.90 Å². The smallest absolute Gasteiger partial charge is 0.255 e. The Labute approximate surface area is 128 Å². The quantitative estimate of drug-likeness (QED) is 0.944. The van der Waals surface area contributed by atoms with Crippen molar-refractivity contribution in [2.24, 2.45) is 0 Å². The molecule has 0 aromatic heterocycles. The van der Waals surface area contributed by atoms with E-state index in [0.29, 0.717) is 16.8 Å². The number of anilines is 1. The molecule has 0 radical (unpaired) electrons. The summed E-state index contributed by atoms with van der Waals surface area (Å²) in [4.78, 5) is 25.6. The summed E-state index contributed by atoms with van der Waals surface area (Å²) in [5.74, 6) is -0.875. The van der Waals surface area contributed by atoms with Gasteiger partial charge in [-0.3, -0.25) is 9.59 Å². The molecule has 2 amide bonds. The van der Waals surface area contributed by atoms with E-state index in [1.54, 1.807) is 50.5 Å². The number of nitrogens with zero attached hydrogens (tertiary/aromatic N) is 1. The molecular formula is C17H17FN2O2. The van der Waals surface area contributed by atoms with Crippen LogP contribution >= 0.6 is 0 Å². The molecule has 0 atom stereocenters. The zero-order chi connectivity index (χ0) is 16.1. The highest BCUT2D eigenvalue weighted by Gasteiger charge is 2.14. The fourth-order valence-corrected chi connectivity index (χ4v) is 2.05. The van der Waals surface area contributed by atoms with E-state index in [4.69, 9.17) is 0 Å². The molecule has 0 aliphatic carbocycles. The molecule has 4 nitrogen and oxygen atoms in total. The maximum absolute atomic E-state index is 13.1. The number of carbonyl (C=O) groups excluding carboxylic acids is 2. The second-order valence-corrected chi connectivity index (χ2v) is 5.10. The second-order valence-electron chi connectivity index (χ2n) is 5.10. The molecule has 0 saturated carbocycles. The van der Waals surface area contributed by atoms with E-state index in [9.17, 15) is 14.0 Å². The van der Waals surface area contributed by atoms with Crippen molar-refractivity contribution in [3.05, 3.63) is 65.5 Å². The van der Waals surface area contributed by atoms with Crippen molar-refractivity contribution in [1.29, 1.82) is 0 Å². The van der Waals surface area contributed by atoms with Crippen molar-refractivity contribution >= 4 is 17.5 Å². The number of para-hydroxylation sites is 1. The Morgan fingerprint density at radius 2 is 1.82 bits per heavy atom. The molecular weight excluding hydrogens is 283 g/mol. The Kier molecular flexibility index (Phi) is 4.88. The first-order chi connectivity index (χ1) is 10.5. The molecule has 114 valence electrons. The minimum absolute atomic E-state index is 0.0439. The summed E-state index contributed by atoms with van der Waals surface area (Å²) in [6.07, 6.45) is 0.0439. The first-order valence-electron chi connectivity index (χ1n) is 6.82. The standard InChI is InChI=1S/C17H17FN2O2/c1-20(2)17(22)14-8-3-4-9-15(14)19-16(21)11-12-6-5-7-13(18)10-12/h3-10H,11H2,1-2H3,(H,19,21). The minimum atomic E-state index is -0.381. The van der Waals surface area contributed by atoms with Crippen molar-refractivity contribution in [2.45, 2.75) is 6.42 Å². The lowest BCUT2D eigenvalue weighted by atomic mass is 10.1. The van der Waals surface area contributed by atoms with E-state index in [0.717, 1.165) is 0 Å². The number of hydrogen-bond acceptors (Lipinski definition) is 2. The molecule has 0 aliphatic heterocycles. The first-order valence-corrected chi connectivity index (χ1v) is 6.82. The number of nitrogens with one attached hydrogen (secondary N) is 1.